The lowest BCUT2D eigenvalue weighted by Crippen LogP contribution is -2.23. The summed E-state index contributed by atoms with van der Waals surface area (Å²) in [5.41, 5.74) is 0.0126. The van der Waals surface area contributed by atoms with E-state index in [2.05, 4.69) is 10.1 Å². The lowest BCUT2D eigenvalue weighted by molar-refractivity contribution is -0.153. The van der Waals surface area contributed by atoms with E-state index in [-0.39, 0.29) is 23.3 Å². The summed E-state index contributed by atoms with van der Waals surface area (Å²) in [5, 5.41) is 2.45. The van der Waals surface area contributed by atoms with Crippen molar-refractivity contribution in [2.24, 2.45) is 5.92 Å². The fourth-order valence-electron chi connectivity index (χ4n) is 1.46. The molecular weight excluding hydrogens is 310 g/mol. The maximum Gasteiger partial charge on any atom is 0.422 e. The Kier molecular flexibility index (Phi) is 6.32. The van der Waals surface area contributed by atoms with Crippen molar-refractivity contribution >= 4 is 23.4 Å². The van der Waals surface area contributed by atoms with Gasteiger partial charge in [0.05, 0.1) is 5.69 Å². The minimum atomic E-state index is -4.54. The van der Waals surface area contributed by atoms with E-state index in [9.17, 15) is 22.4 Å². The van der Waals surface area contributed by atoms with Crippen LogP contribution in [0.4, 0.5) is 23.2 Å². The Bertz CT molecular complexity index is 494. The number of carbonyl (C=O) groups is 1. The molecule has 8 heteroatoms. The molecule has 0 saturated heterocycles. The molecule has 0 aliphatic rings. The summed E-state index contributed by atoms with van der Waals surface area (Å²) in [7, 11) is 0. The molecule has 1 atom stereocenters. The quantitative estimate of drug-likeness (QED) is 0.811. The molecule has 21 heavy (non-hydrogen) atoms. The van der Waals surface area contributed by atoms with E-state index in [0.29, 0.717) is 5.75 Å². The van der Waals surface area contributed by atoms with Gasteiger partial charge in [-0.05, 0) is 18.4 Å². The van der Waals surface area contributed by atoms with E-state index in [1.54, 1.807) is 6.92 Å². The van der Waals surface area contributed by atoms with Crippen molar-refractivity contribution in [1.82, 2.24) is 0 Å². The zero-order chi connectivity index (χ0) is 16.0. The van der Waals surface area contributed by atoms with Crippen LogP contribution in [0.3, 0.4) is 0 Å². The lowest BCUT2D eigenvalue weighted by atomic mass is 10.2. The zero-order valence-electron chi connectivity index (χ0n) is 11.5. The van der Waals surface area contributed by atoms with Gasteiger partial charge in [-0.1, -0.05) is 6.92 Å². The summed E-state index contributed by atoms with van der Waals surface area (Å²) in [4.78, 5) is 11.8. The number of ether oxygens (including phenoxy) is 1. The molecule has 0 aromatic heterocycles. The Morgan fingerprint density at radius 3 is 2.67 bits per heavy atom. The number of carbonyl (C=O) groups excluding carboxylic acids is 1. The third-order valence-corrected chi connectivity index (χ3v) is 3.29. The van der Waals surface area contributed by atoms with Gasteiger partial charge in [0.15, 0.2) is 6.61 Å². The molecule has 0 aliphatic heterocycles. The van der Waals surface area contributed by atoms with E-state index in [1.165, 1.54) is 17.8 Å². The summed E-state index contributed by atoms with van der Waals surface area (Å²) in [5.74, 6) is -1.24. The molecule has 0 fully saturated rings. The van der Waals surface area contributed by atoms with Crippen LogP contribution < -0.4 is 10.1 Å². The fourth-order valence-corrected chi connectivity index (χ4v) is 2.11. The van der Waals surface area contributed by atoms with Crippen molar-refractivity contribution in [2.75, 3.05) is 23.9 Å². The van der Waals surface area contributed by atoms with Crippen molar-refractivity contribution in [3.8, 4) is 5.75 Å². The maximum atomic E-state index is 13.1. The van der Waals surface area contributed by atoms with Crippen LogP contribution in [0.15, 0.2) is 18.2 Å². The third-order valence-electron chi connectivity index (χ3n) is 2.46. The highest BCUT2D eigenvalue weighted by Crippen LogP contribution is 2.28. The molecule has 0 spiro atoms. The van der Waals surface area contributed by atoms with Gasteiger partial charge in [0.2, 0.25) is 5.91 Å². The van der Waals surface area contributed by atoms with Gasteiger partial charge in [-0.3, -0.25) is 4.79 Å². The third kappa shape index (κ3) is 6.24. The van der Waals surface area contributed by atoms with Crippen molar-refractivity contribution in [3.05, 3.63) is 24.0 Å². The van der Waals surface area contributed by atoms with Gasteiger partial charge >= 0.3 is 6.18 Å². The molecule has 1 aromatic carbocycles. The first-order chi connectivity index (χ1) is 9.73. The molecule has 1 N–H and O–H groups in total. The molecule has 1 rings (SSSR count). The SMILES string of the molecule is CSC[C@@H](C)C(=O)Nc1ccc(F)cc1OCC(F)(F)F. The van der Waals surface area contributed by atoms with Gasteiger partial charge < -0.3 is 10.1 Å². The van der Waals surface area contributed by atoms with Crippen molar-refractivity contribution in [2.45, 2.75) is 13.1 Å². The minimum Gasteiger partial charge on any atom is -0.482 e. The first kappa shape index (κ1) is 17.6. The number of hydrogen-bond donors (Lipinski definition) is 1. The van der Waals surface area contributed by atoms with E-state index in [0.717, 1.165) is 12.1 Å². The first-order valence-corrected chi connectivity index (χ1v) is 7.41. The Balaban J connectivity index is 2.84. The molecule has 0 bridgehead atoms. The average molecular weight is 325 g/mol. The molecule has 0 aliphatic carbocycles. The van der Waals surface area contributed by atoms with E-state index >= 15 is 0 Å². The highest BCUT2D eigenvalue weighted by Gasteiger charge is 2.29. The molecule has 1 amide bonds. The molecule has 0 saturated carbocycles. The topological polar surface area (TPSA) is 38.3 Å². The van der Waals surface area contributed by atoms with E-state index < -0.39 is 18.6 Å². The van der Waals surface area contributed by atoms with Crippen molar-refractivity contribution < 1.29 is 27.1 Å². The second kappa shape index (κ2) is 7.53. The average Bonchev–Trinajstić information content (AvgIpc) is 2.38. The number of anilines is 1. The number of amides is 1. The largest absolute Gasteiger partial charge is 0.482 e. The molecule has 0 unspecified atom stereocenters. The van der Waals surface area contributed by atoms with Gasteiger partial charge in [0.25, 0.3) is 0 Å². The molecular formula is C13H15F4NO2S. The normalized spacial score (nSPS) is 12.9. The monoisotopic (exact) mass is 325 g/mol. The first-order valence-electron chi connectivity index (χ1n) is 6.02. The minimum absolute atomic E-state index is 0.0126. The fraction of sp³-hybridized carbons (Fsp3) is 0.462. The van der Waals surface area contributed by atoms with E-state index in [1.807, 2.05) is 6.26 Å². The smallest absolute Gasteiger partial charge is 0.422 e. The van der Waals surface area contributed by atoms with Gasteiger partial charge in [0, 0.05) is 17.7 Å². The predicted molar refractivity (Wildman–Crippen MR) is 74.1 cm³/mol. The summed E-state index contributed by atoms with van der Waals surface area (Å²) in [6.07, 6.45) is -2.71. The summed E-state index contributed by atoms with van der Waals surface area (Å²) in [6.45, 7) is 0.130. The number of hydrogen-bond acceptors (Lipinski definition) is 3. The van der Waals surface area contributed by atoms with Crippen LogP contribution in [0.25, 0.3) is 0 Å². The standard InChI is InChI=1S/C13H15F4NO2S/c1-8(6-21-2)12(19)18-10-4-3-9(14)5-11(10)20-7-13(15,16)17/h3-5,8H,6-7H2,1-2H3,(H,18,19)/t8-/m1/s1. The van der Waals surface area contributed by atoms with Crippen LogP contribution in [-0.4, -0.2) is 30.7 Å². The molecule has 3 nitrogen and oxygen atoms in total. The molecule has 1 aromatic rings. The predicted octanol–water partition coefficient (Wildman–Crippen LogP) is 3.70. The number of nitrogens with one attached hydrogen (secondary N) is 1. The van der Waals surface area contributed by atoms with E-state index in [4.69, 9.17) is 0 Å². The van der Waals surface area contributed by atoms with Crippen LogP contribution in [0, 0.1) is 11.7 Å². The van der Waals surface area contributed by atoms with Crippen LogP contribution in [0.1, 0.15) is 6.92 Å². The second-order valence-corrected chi connectivity index (χ2v) is 5.30. The highest BCUT2D eigenvalue weighted by atomic mass is 32.2. The molecule has 0 heterocycles. The molecule has 118 valence electrons. The number of benzene rings is 1. The van der Waals surface area contributed by atoms with Crippen LogP contribution in [0.2, 0.25) is 0 Å². The number of rotatable bonds is 6. The summed E-state index contributed by atoms with van der Waals surface area (Å²) >= 11 is 1.47. The lowest BCUT2D eigenvalue weighted by Gasteiger charge is -2.16. The second-order valence-electron chi connectivity index (χ2n) is 4.39. The number of thioether (sulfide) groups is 1. The Morgan fingerprint density at radius 2 is 2.10 bits per heavy atom. The Morgan fingerprint density at radius 1 is 1.43 bits per heavy atom. The van der Waals surface area contributed by atoms with Crippen LogP contribution in [-0.2, 0) is 4.79 Å². The maximum absolute atomic E-state index is 13.1. The molecule has 0 radical (unpaired) electrons. The van der Waals surface area contributed by atoms with Gasteiger partial charge in [-0.15, -0.1) is 0 Å². The van der Waals surface area contributed by atoms with Crippen molar-refractivity contribution in [3.63, 3.8) is 0 Å². The van der Waals surface area contributed by atoms with Crippen molar-refractivity contribution in [1.29, 1.82) is 0 Å². The van der Waals surface area contributed by atoms with Gasteiger partial charge in [-0.2, -0.15) is 24.9 Å². The Labute approximate surface area is 124 Å². The number of halogens is 4. The van der Waals surface area contributed by atoms with Gasteiger partial charge in [-0.25, -0.2) is 4.39 Å². The highest BCUT2D eigenvalue weighted by molar-refractivity contribution is 7.98. The Hall–Kier alpha value is -1.44. The van der Waals surface area contributed by atoms with Crippen LogP contribution in [0.5, 0.6) is 5.75 Å². The van der Waals surface area contributed by atoms with Crippen LogP contribution >= 0.6 is 11.8 Å². The zero-order valence-corrected chi connectivity index (χ0v) is 12.3. The summed E-state index contributed by atoms with van der Waals surface area (Å²) < 4.78 is 54.1. The summed E-state index contributed by atoms with van der Waals surface area (Å²) in [6, 6.07) is 3.01. The number of alkyl halides is 3. The van der Waals surface area contributed by atoms with Gasteiger partial charge in [0.1, 0.15) is 11.6 Å².